The number of thiophene rings is 1. The van der Waals surface area contributed by atoms with Crippen molar-refractivity contribution >= 4 is 17.3 Å². The van der Waals surface area contributed by atoms with Gasteiger partial charge < -0.3 is 5.11 Å². The van der Waals surface area contributed by atoms with E-state index in [1.54, 1.807) is 11.3 Å². The van der Waals surface area contributed by atoms with E-state index in [1.807, 2.05) is 13.8 Å². The van der Waals surface area contributed by atoms with E-state index in [-0.39, 0.29) is 11.8 Å². The third kappa shape index (κ3) is 3.34. The molecule has 1 heterocycles. The molecule has 84 valence electrons. The highest BCUT2D eigenvalue weighted by molar-refractivity contribution is 7.12. The molecule has 0 atom stereocenters. The van der Waals surface area contributed by atoms with Crippen molar-refractivity contribution in [3.8, 4) is 0 Å². The molecule has 0 spiro atoms. The van der Waals surface area contributed by atoms with E-state index in [9.17, 15) is 4.79 Å². The van der Waals surface area contributed by atoms with Crippen LogP contribution in [0.3, 0.4) is 0 Å². The average molecular weight is 226 g/mol. The molecule has 15 heavy (non-hydrogen) atoms. The van der Waals surface area contributed by atoms with Gasteiger partial charge in [-0.25, -0.2) is 0 Å². The maximum Gasteiger partial charge on any atom is 0.304 e. The van der Waals surface area contributed by atoms with E-state index in [0.29, 0.717) is 0 Å². The fourth-order valence-electron chi connectivity index (χ4n) is 1.59. The van der Waals surface area contributed by atoms with Gasteiger partial charge >= 0.3 is 5.97 Å². The number of hydrogen-bond acceptors (Lipinski definition) is 2. The summed E-state index contributed by atoms with van der Waals surface area (Å²) in [6.45, 7) is 6.13. The van der Waals surface area contributed by atoms with Crippen molar-refractivity contribution in [2.45, 2.75) is 45.4 Å². The summed E-state index contributed by atoms with van der Waals surface area (Å²) >= 11 is 1.74. The molecule has 0 aromatic carbocycles. The topological polar surface area (TPSA) is 37.3 Å². The Balaban J connectivity index is 2.80. The zero-order valence-corrected chi connectivity index (χ0v) is 10.4. The fraction of sp³-hybridized carbons (Fsp3) is 0.583. The van der Waals surface area contributed by atoms with Gasteiger partial charge in [0.2, 0.25) is 0 Å². The molecule has 0 aliphatic heterocycles. The van der Waals surface area contributed by atoms with Crippen molar-refractivity contribution in [2.75, 3.05) is 0 Å². The Labute approximate surface area is 94.9 Å². The van der Waals surface area contributed by atoms with Crippen LogP contribution in [0.4, 0.5) is 0 Å². The summed E-state index contributed by atoms with van der Waals surface area (Å²) in [6, 6.07) is 4.19. The lowest BCUT2D eigenvalue weighted by Gasteiger charge is -2.20. The van der Waals surface area contributed by atoms with Gasteiger partial charge in [-0.15, -0.1) is 11.3 Å². The lowest BCUT2D eigenvalue weighted by molar-refractivity contribution is -0.138. The Morgan fingerprint density at radius 1 is 1.47 bits per heavy atom. The second-order valence-electron chi connectivity index (χ2n) is 4.47. The standard InChI is InChI=1S/C12H18O2S/c1-4-5-9-6-7-10(15-9)12(2,3)8-11(13)14/h6-7H,4-5,8H2,1-3H3,(H,13,14). The van der Waals surface area contributed by atoms with Crippen molar-refractivity contribution in [2.24, 2.45) is 0 Å². The summed E-state index contributed by atoms with van der Waals surface area (Å²) in [6.07, 6.45) is 2.42. The highest BCUT2D eigenvalue weighted by Gasteiger charge is 2.25. The molecule has 0 radical (unpaired) electrons. The van der Waals surface area contributed by atoms with Crippen LogP contribution >= 0.6 is 11.3 Å². The van der Waals surface area contributed by atoms with Crippen LogP contribution in [0.15, 0.2) is 12.1 Å². The van der Waals surface area contributed by atoms with E-state index in [2.05, 4.69) is 19.1 Å². The normalized spacial score (nSPS) is 11.7. The molecular weight excluding hydrogens is 208 g/mol. The Morgan fingerprint density at radius 3 is 2.67 bits per heavy atom. The van der Waals surface area contributed by atoms with E-state index in [0.717, 1.165) is 12.8 Å². The minimum absolute atomic E-state index is 0.194. The smallest absolute Gasteiger partial charge is 0.304 e. The first kappa shape index (κ1) is 12.2. The molecule has 1 N–H and O–H groups in total. The molecule has 0 bridgehead atoms. The van der Waals surface area contributed by atoms with Crippen LogP contribution in [-0.4, -0.2) is 11.1 Å². The molecular formula is C12H18O2S. The van der Waals surface area contributed by atoms with E-state index in [1.165, 1.54) is 9.75 Å². The van der Waals surface area contributed by atoms with Crippen molar-refractivity contribution < 1.29 is 9.90 Å². The lowest BCUT2D eigenvalue weighted by atomic mass is 9.88. The van der Waals surface area contributed by atoms with Gasteiger partial charge in [-0.2, -0.15) is 0 Å². The fourth-order valence-corrected chi connectivity index (χ4v) is 2.80. The third-order valence-corrected chi connectivity index (χ3v) is 3.93. The van der Waals surface area contributed by atoms with Crippen molar-refractivity contribution in [1.29, 1.82) is 0 Å². The predicted molar refractivity (Wildman–Crippen MR) is 63.6 cm³/mol. The Morgan fingerprint density at radius 2 is 2.13 bits per heavy atom. The molecule has 1 rings (SSSR count). The van der Waals surface area contributed by atoms with Crippen molar-refractivity contribution in [1.82, 2.24) is 0 Å². The molecule has 3 heteroatoms. The average Bonchev–Trinajstić information content (AvgIpc) is 2.51. The van der Waals surface area contributed by atoms with Crippen LogP contribution in [-0.2, 0) is 16.6 Å². The van der Waals surface area contributed by atoms with Crippen LogP contribution in [0.5, 0.6) is 0 Å². The lowest BCUT2D eigenvalue weighted by Crippen LogP contribution is -2.20. The molecule has 0 saturated carbocycles. The van der Waals surface area contributed by atoms with Crippen LogP contribution in [0.25, 0.3) is 0 Å². The molecule has 0 amide bonds. The van der Waals surface area contributed by atoms with E-state index in [4.69, 9.17) is 5.11 Å². The van der Waals surface area contributed by atoms with Crippen molar-refractivity contribution in [3.63, 3.8) is 0 Å². The summed E-state index contributed by atoms with van der Waals surface area (Å²) in [5.41, 5.74) is -0.248. The molecule has 0 aliphatic carbocycles. The highest BCUT2D eigenvalue weighted by Crippen LogP contribution is 2.33. The highest BCUT2D eigenvalue weighted by atomic mass is 32.1. The second-order valence-corrected chi connectivity index (χ2v) is 5.64. The Bertz CT molecular complexity index is 339. The number of carboxylic acid groups (broad SMARTS) is 1. The first-order valence-corrected chi connectivity index (χ1v) is 6.08. The van der Waals surface area contributed by atoms with Crippen LogP contribution < -0.4 is 0 Å². The van der Waals surface area contributed by atoms with Gasteiger partial charge in [-0.3, -0.25) is 4.79 Å². The molecule has 0 unspecified atom stereocenters. The zero-order chi connectivity index (χ0) is 11.5. The van der Waals surface area contributed by atoms with Gasteiger partial charge in [0.25, 0.3) is 0 Å². The van der Waals surface area contributed by atoms with Crippen LogP contribution in [0.1, 0.15) is 43.4 Å². The molecule has 0 fully saturated rings. The largest absolute Gasteiger partial charge is 0.481 e. The molecule has 1 aromatic rings. The number of hydrogen-bond donors (Lipinski definition) is 1. The van der Waals surface area contributed by atoms with Gasteiger partial charge in [0.15, 0.2) is 0 Å². The molecule has 1 aromatic heterocycles. The minimum atomic E-state index is -0.731. The molecule has 2 nitrogen and oxygen atoms in total. The van der Waals surface area contributed by atoms with Gasteiger partial charge in [-0.1, -0.05) is 27.2 Å². The van der Waals surface area contributed by atoms with Crippen LogP contribution in [0.2, 0.25) is 0 Å². The maximum atomic E-state index is 10.7. The predicted octanol–water partition coefficient (Wildman–Crippen LogP) is 3.45. The van der Waals surface area contributed by atoms with Gasteiger partial charge in [0, 0.05) is 15.2 Å². The second kappa shape index (κ2) is 4.79. The first-order chi connectivity index (χ1) is 6.95. The number of carbonyl (C=O) groups is 1. The third-order valence-electron chi connectivity index (χ3n) is 2.42. The quantitative estimate of drug-likeness (QED) is 0.835. The Hall–Kier alpha value is -0.830. The maximum absolute atomic E-state index is 10.7. The minimum Gasteiger partial charge on any atom is -0.481 e. The van der Waals surface area contributed by atoms with Crippen molar-refractivity contribution in [3.05, 3.63) is 21.9 Å². The summed E-state index contributed by atoms with van der Waals surface area (Å²) in [7, 11) is 0. The summed E-state index contributed by atoms with van der Waals surface area (Å²) in [4.78, 5) is 13.3. The number of aryl methyl sites for hydroxylation is 1. The first-order valence-electron chi connectivity index (χ1n) is 5.26. The van der Waals surface area contributed by atoms with Gasteiger partial charge in [-0.05, 0) is 18.6 Å². The monoisotopic (exact) mass is 226 g/mol. The zero-order valence-electron chi connectivity index (χ0n) is 9.54. The van der Waals surface area contributed by atoms with E-state index >= 15 is 0 Å². The Kier molecular flexibility index (Phi) is 3.91. The molecule has 0 saturated heterocycles. The number of aliphatic carboxylic acids is 1. The number of rotatable bonds is 5. The number of carboxylic acids is 1. The van der Waals surface area contributed by atoms with Gasteiger partial charge in [0.1, 0.15) is 0 Å². The SMILES string of the molecule is CCCc1ccc(C(C)(C)CC(=O)O)s1. The van der Waals surface area contributed by atoms with Gasteiger partial charge in [0.05, 0.1) is 6.42 Å². The van der Waals surface area contributed by atoms with E-state index < -0.39 is 5.97 Å². The summed E-state index contributed by atoms with van der Waals surface area (Å²) in [5.74, 6) is -0.731. The molecule has 0 aliphatic rings. The summed E-state index contributed by atoms with van der Waals surface area (Å²) < 4.78 is 0. The van der Waals surface area contributed by atoms with Crippen LogP contribution in [0, 0.1) is 0 Å². The summed E-state index contributed by atoms with van der Waals surface area (Å²) in [5, 5.41) is 8.83.